The third-order valence-corrected chi connectivity index (χ3v) is 3.94. The van der Waals surface area contributed by atoms with E-state index in [0.717, 1.165) is 22.4 Å². The molecule has 0 aromatic heterocycles. The summed E-state index contributed by atoms with van der Waals surface area (Å²) in [4.78, 5) is 23.9. The van der Waals surface area contributed by atoms with Gasteiger partial charge in [0.15, 0.2) is 0 Å². The lowest BCUT2D eigenvalue weighted by molar-refractivity contribution is -0.115. The van der Waals surface area contributed by atoms with Gasteiger partial charge in [-0.3, -0.25) is 4.79 Å². The van der Waals surface area contributed by atoms with Crippen LogP contribution in [0.5, 0.6) is 0 Å². The molecule has 1 atom stereocenters. The van der Waals surface area contributed by atoms with Crippen LogP contribution in [-0.2, 0) is 4.79 Å². The van der Waals surface area contributed by atoms with Crippen molar-refractivity contribution in [1.82, 2.24) is 10.6 Å². The highest BCUT2D eigenvalue weighted by molar-refractivity contribution is 5.95. The average Bonchev–Trinajstić information content (AvgIpc) is 2.58. The summed E-state index contributed by atoms with van der Waals surface area (Å²) in [5.41, 5.74) is 3.90. The van der Waals surface area contributed by atoms with Gasteiger partial charge in [0, 0.05) is 5.69 Å². The van der Waals surface area contributed by atoms with E-state index in [9.17, 15) is 9.59 Å². The van der Waals surface area contributed by atoms with Crippen LogP contribution in [0.25, 0.3) is 0 Å². The molecule has 0 fully saturated rings. The Morgan fingerprint density at radius 2 is 1.71 bits per heavy atom. The predicted octanol–water partition coefficient (Wildman–Crippen LogP) is 3.30. The van der Waals surface area contributed by atoms with Crippen LogP contribution in [0, 0.1) is 13.8 Å². The topological polar surface area (TPSA) is 70.2 Å². The van der Waals surface area contributed by atoms with Gasteiger partial charge in [-0.15, -0.1) is 0 Å². The van der Waals surface area contributed by atoms with Gasteiger partial charge >= 0.3 is 6.03 Å². The minimum absolute atomic E-state index is 0.0826. The molecule has 3 N–H and O–H groups in total. The maximum absolute atomic E-state index is 12.0. The predicted molar refractivity (Wildman–Crippen MR) is 95.9 cm³/mol. The van der Waals surface area contributed by atoms with Gasteiger partial charge in [0.05, 0.1) is 12.6 Å². The van der Waals surface area contributed by atoms with Gasteiger partial charge in [-0.1, -0.05) is 42.5 Å². The van der Waals surface area contributed by atoms with Gasteiger partial charge < -0.3 is 16.0 Å². The third-order valence-electron chi connectivity index (χ3n) is 3.94. The number of hydrogen-bond acceptors (Lipinski definition) is 2. The first-order chi connectivity index (χ1) is 11.5. The van der Waals surface area contributed by atoms with Crippen molar-refractivity contribution in [2.45, 2.75) is 26.8 Å². The van der Waals surface area contributed by atoms with Crippen molar-refractivity contribution in [3.8, 4) is 0 Å². The molecular weight excluding hydrogens is 302 g/mol. The number of aryl methyl sites for hydroxylation is 1. The second-order valence-corrected chi connectivity index (χ2v) is 5.76. The maximum atomic E-state index is 12.0. The summed E-state index contributed by atoms with van der Waals surface area (Å²) >= 11 is 0. The van der Waals surface area contributed by atoms with Gasteiger partial charge in [-0.2, -0.15) is 0 Å². The lowest BCUT2D eigenvalue weighted by Gasteiger charge is -2.15. The molecule has 0 radical (unpaired) electrons. The summed E-state index contributed by atoms with van der Waals surface area (Å²) in [5.74, 6) is -0.258. The number of amides is 3. The zero-order valence-electron chi connectivity index (χ0n) is 14.2. The fourth-order valence-electron chi connectivity index (χ4n) is 2.31. The van der Waals surface area contributed by atoms with Crippen molar-refractivity contribution in [1.29, 1.82) is 0 Å². The van der Waals surface area contributed by atoms with Gasteiger partial charge in [-0.05, 0) is 43.5 Å². The molecule has 24 heavy (non-hydrogen) atoms. The standard InChI is InChI=1S/C19H23N3O2/c1-13-8-7-11-17(14(13)2)22-18(23)12-20-19(24)21-15(3)16-9-5-4-6-10-16/h4-11,15H,12H2,1-3H3,(H,22,23)(H2,20,21,24)/t15-/m0/s1. The van der Waals surface area contributed by atoms with E-state index in [1.165, 1.54) is 0 Å². The normalized spacial score (nSPS) is 11.5. The molecule has 5 nitrogen and oxygen atoms in total. The number of rotatable bonds is 5. The highest BCUT2D eigenvalue weighted by Crippen LogP contribution is 2.17. The zero-order chi connectivity index (χ0) is 17.5. The van der Waals surface area contributed by atoms with E-state index >= 15 is 0 Å². The second kappa shape index (κ2) is 8.15. The van der Waals surface area contributed by atoms with Crippen molar-refractivity contribution in [2.24, 2.45) is 0 Å². The highest BCUT2D eigenvalue weighted by Gasteiger charge is 2.11. The van der Waals surface area contributed by atoms with Crippen molar-refractivity contribution in [3.63, 3.8) is 0 Å². The summed E-state index contributed by atoms with van der Waals surface area (Å²) < 4.78 is 0. The van der Waals surface area contributed by atoms with E-state index in [1.54, 1.807) is 0 Å². The lowest BCUT2D eigenvalue weighted by Crippen LogP contribution is -2.41. The van der Waals surface area contributed by atoms with Crippen LogP contribution in [-0.4, -0.2) is 18.5 Å². The van der Waals surface area contributed by atoms with Crippen LogP contribution in [0.3, 0.4) is 0 Å². The van der Waals surface area contributed by atoms with Crippen LogP contribution < -0.4 is 16.0 Å². The number of carbonyl (C=O) groups excluding carboxylic acids is 2. The molecule has 2 rings (SSSR count). The van der Waals surface area contributed by atoms with Crippen molar-refractivity contribution >= 4 is 17.6 Å². The average molecular weight is 325 g/mol. The first-order valence-corrected chi connectivity index (χ1v) is 7.92. The number of anilines is 1. The molecule has 0 bridgehead atoms. The van der Waals surface area contributed by atoms with Crippen LogP contribution >= 0.6 is 0 Å². The van der Waals surface area contributed by atoms with Gasteiger partial charge in [0.2, 0.25) is 5.91 Å². The fourth-order valence-corrected chi connectivity index (χ4v) is 2.31. The van der Waals surface area contributed by atoms with Crippen LogP contribution in [0.4, 0.5) is 10.5 Å². The summed E-state index contributed by atoms with van der Waals surface area (Å²) in [7, 11) is 0. The van der Waals surface area contributed by atoms with Crippen LogP contribution in [0.1, 0.15) is 29.7 Å². The molecule has 0 saturated heterocycles. The maximum Gasteiger partial charge on any atom is 0.315 e. The summed E-state index contributed by atoms with van der Waals surface area (Å²) in [5, 5.41) is 8.19. The van der Waals surface area contributed by atoms with Crippen LogP contribution in [0.2, 0.25) is 0 Å². The monoisotopic (exact) mass is 325 g/mol. The first-order valence-electron chi connectivity index (χ1n) is 7.92. The Kier molecular flexibility index (Phi) is 5.95. The molecule has 5 heteroatoms. The molecule has 0 saturated carbocycles. The largest absolute Gasteiger partial charge is 0.332 e. The molecule has 0 spiro atoms. The lowest BCUT2D eigenvalue weighted by atomic mass is 10.1. The number of nitrogens with one attached hydrogen (secondary N) is 3. The van der Waals surface area contributed by atoms with E-state index in [4.69, 9.17) is 0 Å². The number of hydrogen-bond donors (Lipinski definition) is 3. The highest BCUT2D eigenvalue weighted by atomic mass is 16.2. The van der Waals surface area contributed by atoms with E-state index in [1.807, 2.05) is 69.3 Å². The SMILES string of the molecule is Cc1cccc(NC(=O)CNC(=O)N[C@@H](C)c2ccccc2)c1C. The summed E-state index contributed by atoms with van der Waals surface area (Å²) in [6.07, 6.45) is 0. The number of benzene rings is 2. The van der Waals surface area contributed by atoms with E-state index in [0.29, 0.717) is 0 Å². The molecular formula is C19H23N3O2. The molecule has 0 aliphatic heterocycles. The smallest absolute Gasteiger partial charge is 0.315 e. The Morgan fingerprint density at radius 1 is 1.00 bits per heavy atom. The van der Waals surface area contributed by atoms with E-state index < -0.39 is 0 Å². The third kappa shape index (κ3) is 4.84. The van der Waals surface area contributed by atoms with Gasteiger partial charge in [0.25, 0.3) is 0 Å². The van der Waals surface area contributed by atoms with Crippen LogP contribution in [0.15, 0.2) is 48.5 Å². The first kappa shape index (κ1) is 17.5. The van der Waals surface area contributed by atoms with E-state index in [-0.39, 0.29) is 24.5 Å². The Morgan fingerprint density at radius 3 is 2.42 bits per heavy atom. The Hall–Kier alpha value is -2.82. The van der Waals surface area contributed by atoms with Crippen molar-refractivity contribution in [3.05, 3.63) is 65.2 Å². The zero-order valence-corrected chi connectivity index (χ0v) is 14.2. The van der Waals surface area contributed by atoms with Crippen molar-refractivity contribution < 1.29 is 9.59 Å². The minimum Gasteiger partial charge on any atom is -0.332 e. The Labute approximate surface area is 142 Å². The van der Waals surface area contributed by atoms with Gasteiger partial charge in [-0.25, -0.2) is 4.79 Å². The Balaban J connectivity index is 1.81. The quantitative estimate of drug-likeness (QED) is 0.789. The van der Waals surface area contributed by atoms with Gasteiger partial charge in [0.1, 0.15) is 0 Å². The molecule has 0 unspecified atom stereocenters. The second-order valence-electron chi connectivity index (χ2n) is 5.76. The number of carbonyl (C=O) groups is 2. The molecule has 2 aromatic carbocycles. The summed E-state index contributed by atoms with van der Waals surface area (Å²) in [6, 6.07) is 14.9. The van der Waals surface area contributed by atoms with Crippen molar-refractivity contribution in [2.75, 3.05) is 11.9 Å². The molecule has 0 aliphatic rings. The molecule has 126 valence electrons. The Bertz CT molecular complexity index is 714. The molecule has 3 amide bonds. The van der Waals surface area contributed by atoms with E-state index in [2.05, 4.69) is 16.0 Å². The fraction of sp³-hybridized carbons (Fsp3) is 0.263. The summed E-state index contributed by atoms with van der Waals surface area (Å²) in [6.45, 7) is 5.75. The molecule has 0 heterocycles. The minimum atomic E-state index is -0.373. The number of urea groups is 1. The molecule has 0 aliphatic carbocycles. The molecule has 2 aromatic rings.